The zero-order chi connectivity index (χ0) is 21.9. The third-order valence-electron chi connectivity index (χ3n) is 4.80. The van der Waals surface area contributed by atoms with E-state index in [2.05, 4.69) is 52.1 Å². The predicted molar refractivity (Wildman–Crippen MR) is 128 cm³/mol. The van der Waals surface area contributed by atoms with Crippen LogP contribution in [0.4, 0.5) is 0 Å². The molecule has 1 unspecified atom stereocenters. The average Bonchev–Trinajstić information content (AvgIpc) is 3.60. The van der Waals surface area contributed by atoms with E-state index in [1.807, 2.05) is 42.1 Å². The Balaban J connectivity index is 1.32. The highest BCUT2D eigenvalue weighted by molar-refractivity contribution is 8.00. The lowest BCUT2D eigenvalue weighted by atomic mass is 10.1. The van der Waals surface area contributed by atoms with Crippen molar-refractivity contribution >= 4 is 23.6 Å². The van der Waals surface area contributed by atoms with E-state index in [0.717, 1.165) is 38.3 Å². The van der Waals surface area contributed by atoms with Crippen molar-refractivity contribution < 1.29 is 9.53 Å². The number of nitrogens with zero attached hydrogens (tertiary/aromatic N) is 1. The van der Waals surface area contributed by atoms with Crippen molar-refractivity contribution in [1.82, 2.24) is 16.0 Å². The maximum Gasteiger partial charge on any atom is 0.258 e. The van der Waals surface area contributed by atoms with E-state index in [1.54, 1.807) is 7.05 Å². The molecule has 0 aromatic heterocycles. The summed E-state index contributed by atoms with van der Waals surface area (Å²) < 4.78 is 5.55. The summed E-state index contributed by atoms with van der Waals surface area (Å²) in [6.45, 7) is 3.89. The lowest BCUT2D eigenvalue weighted by Gasteiger charge is -2.16. The van der Waals surface area contributed by atoms with Crippen LogP contribution in [0.25, 0.3) is 0 Å². The van der Waals surface area contributed by atoms with Gasteiger partial charge in [-0.05, 0) is 49.1 Å². The highest BCUT2D eigenvalue weighted by Crippen LogP contribution is 2.22. The van der Waals surface area contributed by atoms with Gasteiger partial charge in [-0.1, -0.05) is 37.3 Å². The quantitative estimate of drug-likeness (QED) is 0.284. The molecule has 3 rings (SSSR count). The Morgan fingerprint density at radius 1 is 1.13 bits per heavy atom. The van der Waals surface area contributed by atoms with Crippen LogP contribution in [0.2, 0.25) is 0 Å². The van der Waals surface area contributed by atoms with Crippen LogP contribution in [0, 0.1) is 0 Å². The molecule has 0 radical (unpaired) electrons. The van der Waals surface area contributed by atoms with Crippen molar-refractivity contribution in [2.24, 2.45) is 4.99 Å². The van der Waals surface area contributed by atoms with Crippen molar-refractivity contribution in [2.45, 2.75) is 42.4 Å². The molecular weight excluding hydrogens is 408 g/mol. The minimum absolute atomic E-state index is 0.0499. The molecule has 1 saturated carbocycles. The number of hydrogen-bond donors (Lipinski definition) is 3. The van der Waals surface area contributed by atoms with Gasteiger partial charge in [0.2, 0.25) is 0 Å². The summed E-state index contributed by atoms with van der Waals surface area (Å²) in [5.41, 5.74) is 1.20. The van der Waals surface area contributed by atoms with E-state index in [4.69, 9.17) is 4.74 Å². The standard InChI is InChI=1S/C24H32N4O2S/c1-18(31-22-6-4-3-5-7-22)16-27-24(25-2)26-15-14-19-8-12-21(13-9-19)30-17-23(29)28-20-10-11-20/h3-9,12-13,18,20H,10-11,14-17H2,1-2H3,(H,28,29)(H2,25,26,27). The second-order valence-electron chi connectivity index (χ2n) is 7.65. The van der Waals surface area contributed by atoms with Crippen molar-refractivity contribution in [3.8, 4) is 5.75 Å². The van der Waals surface area contributed by atoms with Crippen LogP contribution in [-0.4, -0.2) is 49.9 Å². The predicted octanol–water partition coefficient (Wildman–Crippen LogP) is 3.23. The highest BCUT2D eigenvalue weighted by Gasteiger charge is 2.23. The second kappa shape index (κ2) is 12.2. The minimum atomic E-state index is -0.0499. The molecule has 0 spiro atoms. The normalized spacial score (nSPS) is 14.6. The zero-order valence-corrected chi connectivity index (χ0v) is 19.1. The smallest absolute Gasteiger partial charge is 0.258 e. The first kappa shape index (κ1) is 23.0. The molecule has 1 fully saturated rings. The van der Waals surface area contributed by atoms with Gasteiger partial charge in [0.15, 0.2) is 12.6 Å². The molecule has 31 heavy (non-hydrogen) atoms. The largest absolute Gasteiger partial charge is 0.484 e. The van der Waals surface area contributed by atoms with E-state index < -0.39 is 0 Å². The Morgan fingerprint density at radius 2 is 1.87 bits per heavy atom. The molecule has 0 aliphatic heterocycles. The summed E-state index contributed by atoms with van der Waals surface area (Å²) in [4.78, 5) is 17.3. The number of aliphatic imine (C=N–C) groups is 1. The minimum Gasteiger partial charge on any atom is -0.484 e. The summed E-state index contributed by atoms with van der Waals surface area (Å²) in [6.07, 6.45) is 3.04. The SMILES string of the molecule is CN=C(NCCc1ccc(OCC(=O)NC2CC2)cc1)NCC(C)Sc1ccccc1. The Bertz CT molecular complexity index is 838. The third kappa shape index (κ3) is 8.92. The van der Waals surface area contributed by atoms with Gasteiger partial charge in [0, 0.05) is 36.3 Å². The Labute approximate surface area is 189 Å². The first-order chi connectivity index (χ1) is 15.1. The number of carbonyl (C=O) groups is 1. The molecule has 1 aliphatic rings. The van der Waals surface area contributed by atoms with Gasteiger partial charge in [-0.15, -0.1) is 11.8 Å². The maximum atomic E-state index is 11.7. The van der Waals surface area contributed by atoms with Crippen LogP contribution in [0.15, 0.2) is 64.5 Å². The Hall–Kier alpha value is -2.67. The van der Waals surface area contributed by atoms with E-state index >= 15 is 0 Å². The van der Waals surface area contributed by atoms with Gasteiger partial charge in [0.25, 0.3) is 5.91 Å². The van der Waals surface area contributed by atoms with Gasteiger partial charge in [0.1, 0.15) is 5.75 Å². The lowest BCUT2D eigenvalue weighted by Crippen LogP contribution is -2.40. The van der Waals surface area contributed by atoms with Crippen molar-refractivity contribution in [2.75, 3.05) is 26.7 Å². The number of thioether (sulfide) groups is 1. The van der Waals surface area contributed by atoms with Gasteiger partial charge in [-0.25, -0.2) is 0 Å². The number of carbonyl (C=O) groups excluding carboxylic acids is 1. The van der Waals surface area contributed by atoms with Crippen molar-refractivity contribution in [3.63, 3.8) is 0 Å². The summed E-state index contributed by atoms with van der Waals surface area (Å²) in [7, 11) is 1.79. The molecule has 1 aliphatic carbocycles. The molecule has 7 heteroatoms. The van der Waals surface area contributed by atoms with Crippen molar-refractivity contribution in [3.05, 3.63) is 60.2 Å². The molecule has 1 amide bonds. The maximum absolute atomic E-state index is 11.7. The second-order valence-corrected chi connectivity index (χ2v) is 9.16. The van der Waals surface area contributed by atoms with Crippen LogP contribution in [0.3, 0.4) is 0 Å². The van der Waals surface area contributed by atoms with E-state index in [9.17, 15) is 4.79 Å². The fourth-order valence-electron chi connectivity index (χ4n) is 2.96. The topological polar surface area (TPSA) is 74.8 Å². The molecule has 2 aromatic rings. The Morgan fingerprint density at radius 3 is 2.55 bits per heavy atom. The molecule has 2 aromatic carbocycles. The summed E-state index contributed by atoms with van der Waals surface area (Å²) in [6, 6.07) is 18.7. The van der Waals surface area contributed by atoms with Crippen LogP contribution in [0.1, 0.15) is 25.3 Å². The first-order valence-electron chi connectivity index (χ1n) is 10.8. The summed E-state index contributed by atoms with van der Waals surface area (Å²) >= 11 is 1.85. The summed E-state index contributed by atoms with van der Waals surface area (Å²) in [5.74, 6) is 1.47. The van der Waals surface area contributed by atoms with Gasteiger partial charge < -0.3 is 20.7 Å². The number of nitrogens with one attached hydrogen (secondary N) is 3. The van der Waals surface area contributed by atoms with Crippen molar-refractivity contribution in [1.29, 1.82) is 0 Å². The molecule has 0 heterocycles. The Kier molecular flexibility index (Phi) is 9.09. The third-order valence-corrected chi connectivity index (χ3v) is 5.92. The van der Waals surface area contributed by atoms with Gasteiger partial charge in [-0.2, -0.15) is 0 Å². The fourth-order valence-corrected chi connectivity index (χ4v) is 3.90. The number of ether oxygens (including phenoxy) is 1. The molecule has 0 bridgehead atoms. The highest BCUT2D eigenvalue weighted by atomic mass is 32.2. The fraction of sp³-hybridized carbons (Fsp3) is 0.417. The molecule has 166 valence electrons. The van der Waals surface area contributed by atoms with Crippen LogP contribution in [-0.2, 0) is 11.2 Å². The van der Waals surface area contributed by atoms with Gasteiger partial charge >= 0.3 is 0 Å². The number of amides is 1. The van der Waals surface area contributed by atoms with Gasteiger partial charge in [-0.3, -0.25) is 9.79 Å². The number of hydrogen-bond acceptors (Lipinski definition) is 4. The number of benzene rings is 2. The number of guanidine groups is 1. The molecule has 1 atom stereocenters. The lowest BCUT2D eigenvalue weighted by molar-refractivity contribution is -0.123. The zero-order valence-electron chi connectivity index (χ0n) is 18.3. The van der Waals surface area contributed by atoms with Gasteiger partial charge in [0.05, 0.1) is 0 Å². The van der Waals surface area contributed by atoms with E-state index in [0.29, 0.717) is 17.0 Å². The first-order valence-corrected chi connectivity index (χ1v) is 11.7. The molecule has 3 N–H and O–H groups in total. The van der Waals surface area contributed by atoms with Crippen LogP contribution < -0.4 is 20.7 Å². The summed E-state index contributed by atoms with van der Waals surface area (Å²) in [5, 5.41) is 10.1. The van der Waals surface area contributed by atoms with E-state index in [1.165, 1.54) is 10.5 Å². The molecular formula is C24H32N4O2S. The van der Waals surface area contributed by atoms with E-state index in [-0.39, 0.29) is 12.5 Å². The van der Waals surface area contributed by atoms with Crippen LogP contribution >= 0.6 is 11.8 Å². The monoisotopic (exact) mass is 440 g/mol. The number of rotatable bonds is 11. The molecule has 6 nitrogen and oxygen atoms in total. The molecule has 0 saturated heterocycles. The average molecular weight is 441 g/mol. The van der Waals surface area contributed by atoms with Crippen LogP contribution in [0.5, 0.6) is 5.75 Å².